The van der Waals surface area contributed by atoms with Crippen LogP contribution >= 0.6 is 0 Å². The standard InChI is InChI=1S/C16H13FN2O.C8H4F4O.C7H9N3O/c1-9-5-12(17)3-4-13(9)15-6-11-7-18-8-14(10(2)20)16(11)19-15;9-6-2-1-5(4-13)7(3-6)8(10,11)12;1-4(11)5-2-10-3-6(8)7(5)9/h3-5,7-8H,6H2,1-2H3;1-4H;2-3H,8H2,1H3,(H2,9,10). The number of alkyl halides is 3. The molecule has 0 atom stereocenters. The largest absolute Gasteiger partial charge is 0.417 e. The van der Waals surface area contributed by atoms with E-state index in [0.29, 0.717) is 40.7 Å². The van der Waals surface area contributed by atoms with E-state index in [0.717, 1.165) is 34.5 Å². The Balaban J connectivity index is 0.000000192. The molecule has 0 aliphatic carbocycles. The predicted molar refractivity (Wildman–Crippen MR) is 155 cm³/mol. The number of halogens is 5. The molecule has 8 nitrogen and oxygen atoms in total. The molecule has 1 aliphatic heterocycles. The lowest BCUT2D eigenvalue weighted by molar-refractivity contribution is -0.138. The second-order valence-corrected chi connectivity index (χ2v) is 9.54. The number of nitrogen functional groups attached to an aromatic ring is 2. The molecule has 2 aromatic carbocycles. The van der Waals surface area contributed by atoms with Crippen LogP contribution in [0.25, 0.3) is 0 Å². The van der Waals surface area contributed by atoms with Gasteiger partial charge in [-0.15, -0.1) is 0 Å². The first-order chi connectivity index (χ1) is 20.6. The van der Waals surface area contributed by atoms with E-state index in [1.165, 1.54) is 38.4 Å². The predicted octanol–water partition coefficient (Wildman–Crippen LogP) is 6.51. The molecule has 228 valence electrons. The number of pyridine rings is 2. The minimum Gasteiger partial charge on any atom is -0.396 e. The van der Waals surface area contributed by atoms with Gasteiger partial charge in [0.05, 0.1) is 45.7 Å². The number of aryl methyl sites for hydroxylation is 1. The van der Waals surface area contributed by atoms with Crippen LogP contribution in [0.1, 0.15) is 67.2 Å². The summed E-state index contributed by atoms with van der Waals surface area (Å²) in [6, 6.07) is 6.55. The molecule has 0 spiro atoms. The van der Waals surface area contributed by atoms with Crippen LogP contribution in [0, 0.1) is 18.6 Å². The number of nitrogens with zero attached hydrogens (tertiary/aromatic N) is 3. The van der Waals surface area contributed by atoms with Gasteiger partial charge in [-0.25, -0.2) is 8.78 Å². The van der Waals surface area contributed by atoms with E-state index >= 15 is 0 Å². The number of ketones is 2. The maximum Gasteiger partial charge on any atom is 0.417 e. The summed E-state index contributed by atoms with van der Waals surface area (Å²) < 4.78 is 61.8. The third-order valence-electron chi connectivity index (χ3n) is 6.32. The number of nitrogens with two attached hydrogens (primary N) is 2. The Morgan fingerprint density at radius 2 is 1.45 bits per heavy atom. The number of aromatic nitrogens is 2. The van der Waals surface area contributed by atoms with Crippen molar-refractivity contribution in [1.82, 2.24) is 9.97 Å². The topological polar surface area (TPSA) is 141 Å². The number of rotatable bonds is 4. The summed E-state index contributed by atoms with van der Waals surface area (Å²) >= 11 is 0. The van der Waals surface area contributed by atoms with Crippen molar-refractivity contribution in [2.24, 2.45) is 4.99 Å². The Bertz CT molecular complexity index is 1770. The van der Waals surface area contributed by atoms with Crippen LogP contribution in [0.15, 0.2) is 66.2 Å². The van der Waals surface area contributed by atoms with Gasteiger partial charge in [-0.2, -0.15) is 13.2 Å². The van der Waals surface area contributed by atoms with Gasteiger partial charge in [0, 0.05) is 36.1 Å². The van der Waals surface area contributed by atoms with Gasteiger partial charge < -0.3 is 11.5 Å². The van der Waals surface area contributed by atoms with Gasteiger partial charge in [-0.1, -0.05) is 0 Å². The van der Waals surface area contributed by atoms with Crippen LogP contribution < -0.4 is 11.5 Å². The molecule has 0 bridgehead atoms. The number of anilines is 2. The Morgan fingerprint density at radius 3 is 2.02 bits per heavy atom. The van der Waals surface area contributed by atoms with Crippen LogP contribution in [-0.2, 0) is 12.6 Å². The molecule has 4 N–H and O–H groups in total. The van der Waals surface area contributed by atoms with Crippen molar-refractivity contribution >= 4 is 40.6 Å². The number of carbonyl (C=O) groups is 3. The highest BCUT2D eigenvalue weighted by atomic mass is 19.4. The fourth-order valence-electron chi connectivity index (χ4n) is 4.12. The summed E-state index contributed by atoms with van der Waals surface area (Å²) in [5, 5.41) is 0. The zero-order valence-electron chi connectivity index (χ0n) is 23.7. The van der Waals surface area contributed by atoms with Crippen molar-refractivity contribution < 1.29 is 36.3 Å². The van der Waals surface area contributed by atoms with Gasteiger partial charge in [-0.05, 0) is 68.3 Å². The lowest BCUT2D eigenvalue weighted by Crippen LogP contribution is -2.09. The Labute approximate surface area is 248 Å². The molecule has 5 rings (SSSR count). The molecule has 3 heterocycles. The highest BCUT2D eigenvalue weighted by Gasteiger charge is 2.33. The molecule has 0 fully saturated rings. The number of carbonyl (C=O) groups excluding carboxylic acids is 3. The average molecular weight is 612 g/mol. The molecule has 0 unspecified atom stereocenters. The van der Waals surface area contributed by atoms with E-state index in [1.54, 1.807) is 18.5 Å². The van der Waals surface area contributed by atoms with E-state index in [2.05, 4.69) is 15.0 Å². The van der Waals surface area contributed by atoms with Crippen molar-refractivity contribution in [3.05, 3.63) is 112 Å². The molecule has 1 aliphatic rings. The zero-order chi connectivity index (χ0) is 32.8. The minimum absolute atomic E-state index is 0.0439. The van der Waals surface area contributed by atoms with E-state index in [4.69, 9.17) is 11.5 Å². The number of aldehydes is 1. The number of hydrogen-bond donors (Lipinski definition) is 2. The summed E-state index contributed by atoms with van der Waals surface area (Å²) in [6.45, 7) is 4.79. The molecule has 0 radical (unpaired) electrons. The highest BCUT2D eigenvalue weighted by molar-refractivity contribution is 6.10. The Kier molecular flexibility index (Phi) is 10.4. The average Bonchev–Trinajstić information content (AvgIpc) is 3.38. The molecular formula is C31H26F5N5O3. The third kappa shape index (κ3) is 7.94. The van der Waals surface area contributed by atoms with E-state index in [1.807, 2.05) is 6.92 Å². The van der Waals surface area contributed by atoms with Gasteiger partial charge in [0.1, 0.15) is 11.6 Å². The number of hydrogen-bond acceptors (Lipinski definition) is 8. The van der Waals surface area contributed by atoms with Crippen LogP contribution in [0.2, 0.25) is 0 Å². The first-order valence-electron chi connectivity index (χ1n) is 12.8. The van der Waals surface area contributed by atoms with Crippen LogP contribution in [0.5, 0.6) is 0 Å². The monoisotopic (exact) mass is 611 g/mol. The fraction of sp³-hybridized carbons (Fsp3) is 0.161. The maximum absolute atomic E-state index is 13.2. The second-order valence-electron chi connectivity index (χ2n) is 9.54. The normalized spacial score (nSPS) is 11.7. The number of fused-ring (bicyclic) bond motifs is 1. The van der Waals surface area contributed by atoms with E-state index < -0.39 is 23.1 Å². The summed E-state index contributed by atoms with van der Waals surface area (Å²) in [5.74, 6) is -1.44. The first kappa shape index (κ1) is 33.2. The van der Waals surface area contributed by atoms with Crippen molar-refractivity contribution in [2.75, 3.05) is 11.5 Å². The van der Waals surface area contributed by atoms with Crippen molar-refractivity contribution in [2.45, 2.75) is 33.4 Å². The van der Waals surface area contributed by atoms with Gasteiger partial charge in [0.25, 0.3) is 0 Å². The molecule has 4 aromatic rings. The first-order valence-corrected chi connectivity index (χ1v) is 12.8. The fourth-order valence-corrected chi connectivity index (χ4v) is 4.12. The lowest BCUT2D eigenvalue weighted by Gasteiger charge is -2.08. The van der Waals surface area contributed by atoms with E-state index in [-0.39, 0.29) is 23.7 Å². The van der Waals surface area contributed by atoms with E-state index in [9.17, 15) is 36.3 Å². The van der Waals surface area contributed by atoms with Crippen LogP contribution in [-0.4, -0.2) is 33.5 Å². The molecule has 0 saturated carbocycles. The smallest absolute Gasteiger partial charge is 0.396 e. The summed E-state index contributed by atoms with van der Waals surface area (Å²) in [6.07, 6.45) is 2.08. The molecule has 2 aromatic heterocycles. The van der Waals surface area contributed by atoms with Crippen molar-refractivity contribution in [3.8, 4) is 0 Å². The second kappa shape index (κ2) is 13.8. The van der Waals surface area contributed by atoms with Gasteiger partial charge >= 0.3 is 6.18 Å². The quantitative estimate of drug-likeness (QED) is 0.152. The molecule has 0 saturated heterocycles. The molecule has 0 amide bonds. The van der Waals surface area contributed by atoms with Gasteiger partial charge in [-0.3, -0.25) is 29.3 Å². The Hall–Kier alpha value is -5.33. The van der Waals surface area contributed by atoms with Crippen molar-refractivity contribution in [3.63, 3.8) is 0 Å². The third-order valence-corrected chi connectivity index (χ3v) is 6.32. The lowest BCUT2D eigenvalue weighted by atomic mass is 10.00. The van der Waals surface area contributed by atoms with Crippen molar-refractivity contribution in [1.29, 1.82) is 0 Å². The zero-order valence-corrected chi connectivity index (χ0v) is 23.7. The van der Waals surface area contributed by atoms with Crippen LogP contribution in [0.3, 0.4) is 0 Å². The van der Waals surface area contributed by atoms with Gasteiger partial charge in [0.2, 0.25) is 0 Å². The number of aliphatic imine (C=N–C) groups is 1. The molecule has 13 heteroatoms. The summed E-state index contributed by atoms with van der Waals surface area (Å²) in [4.78, 5) is 45.0. The maximum atomic E-state index is 13.2. The molecular weight excluding hydrogens is 585 g/mol. The highest BCUT2D eigenvalue weighted by Crippen LogP contribution is 2.33. The summed E-state index contributed by atoms with van der Waals surface area (Å²) in [5.41, 5.74) is 14.9. The SMILES string of the molecule is CC(=O)c1cncc(N)c1N.CC(=O)c1cncc2c1N=C(c1ccc(F)cc1C)C2.O=Cc1ccc(F)cc1C(F)(F)F. The Morgan fingerprint density at radius 1 is 0.864 bits per heavy atom. The van der Waals surface area contributed by atoms with Gasteiger partial charge in [0.15, 0.2) is 17.9 Å². The molecule has 44 heavy (non-hydrogen) atoms. The minimum atomic E-state index is -4.70. The number of benzene rings is 2. The summed E-state index contributed by atoms with van der Waals surface area (Å²) in [7, 11) is 0. The van der Waals surface area contributed by atoms with Crippen LogP contribution in [0.4, 0.5) is 39.0 Å². The number of Topliss-reactive ketones (excluding diaryl/α,β-unsaturated/α-hetero) is 2.